The molecule has 17 heavy (non-hydrogen) atoms. The molecule has 106 valence electrons. The molecule has 1 atom stereocenters. The highest BCUT2D eigenvalue weighted by Crippen LogP contribution is 2.12. The fourth-order valence-electron chi connectivity index (χ4n) is 1.04. The molecule has 0 aliphatic carbocycles. The maximum atomic E-state index is 10.7. The van der Waals surface area contributed by atoms with Gasteiger partial charge in [0.1, 0.15) is 0 Å². The van der Waals surface area contributed by atoms with E-state index in [1.165, 1.54) is 7.11 Å². The zero-order valence-corrected chi connectivity index (χ0v) is 13.8. The number of hydrogen-bond acceptors (Lipinski definition) is 4. The normalized spacial score (nSPS) is 10.3. The van der Waals surface area contributed by atoms with Crippen LogP contribution in [0.1, 0.15) is 59.8 Å². The van der Waals surface area contributed by atoms with Gasteiger partial charge in [0.15, 0.2) is 0 Å². The quantitative estimate of drug-likeness (QED) is 0.411. The molecule has 0 heterocycles. The number of unbranched alkanes of at least 4 members (excludes halogenated alkanes) is 1. The van der Waals surface area contributed by atoms with Crippen LogP contribution in [0.25, 0.3) is 0 Å². The molecule has 0 rings (SSSR count). The largest absolute Gasteiger partial charge is 0.469 e. The highest BCUT2D eigenvalue weighted by Gasteiger charge is 2.03. The predicted molar refractivity (Wildman–Crippen MR) is 84.4 cm³/mol. The molecule has 0 aromatic rings. The molecular weight excluding hydrogens is 252 g/mol. The smallest absolute Gasteiger partial charge is 0.305 e. The van der Waals surface area contributed by atoms with Crippen molar-refractivity contribution in [3.8, 4) is 0 Å². The third kappa shape index (κ3) is 21.9. The van der Waals surface area contributed by atoms with E-state index in [9.17, 15) is 4.79 Å². The topological polar surface area (TPSA) is 26.3 Å². The number of hydrogen-bond donors (Lipinski definition) is 2. The second-order valence-corrected chi connectivity index (χ2v) is 4.17. The fraction of sp³-hybridized carbons (Fsp3) is 0.923. The molecule has 1 unspecified atom stereocenters. The zero-order valence-electron chi connectivity index (χ0n) is 12.0. The van der Waals surface area contributed by atoms with Crippen molar-refractivity contribution in [2.24, 2.45) is 0 Å². The van der Waals surface area contributed by atoms with E-state index in [0.29, 0.717) is 11.7 Å². The number of ether oxygens (including phenoxy) is 1. The van der Waals surface area contributed by atoms with Gasteiger partial charge in [0.05, 0.1) is 7.11 Å². The highest BCUT2D eigenvalue weighted by molar-refractivity contribution is 7.81. The van der Waals surface area contributed by atoms with Gasteiger partial charge in [-0.15, -0.1) is 0 Å². The van der Waals surface area contributed by atoms with E-state index in [4.69, 9.17) is 0 Å². The summed E-state index contributed by atoms with van der Waals surface area (Å²) in [5, 5.41) is 0.426. The summed E-state index contributed by atoms with van der Waals surface area (Å²) in [6.45, 7) is 8.00. The van der Waals surface area contributed by atoms with Crippen LogP contribution in [0.2, 0.25) is 0 Å². The van der Waals surface area contributed by atoms with Crippen LogP contribution in [0.3, 0.4) is 0 Å². The summed E-state index contributed by atoms with van der Waals surface area (Å²) < 4.78 is 4.53. The van der Waals surface area contributed by atoms with E-state index in [2.05, 4.69) is 30.0 Å². The molecule has 4 heteroatoms. The van der Waals surface area contributed by atoms with E-state index in [0.717, 1.165) is 31.4 Å². The van der Waals surface area contributed by atoms with E-state index in [-0.39, 0.29) is 5.97 Å². The number of carbonyl (C=O) groups is 1. The zero-order chi connectivity index (χ0) is 14.1. The number of esters is 1. The number of carbonyl (C=O) groups excluding carboxylic acids is 1. The molecule has 0 aromatic heterocycles. The van der Waals surface area contributed by atoms with Gasteiger partial charge < -0.3 is 4.74 Å². The van der Waals surface area contributed by atoms with Crippen LogP contribution in [-0.2, 0) is 9.53 Å². The van der Waals surface area contributed by atoms with Gasteiger partial charge >= 0.3 is 5.97 Å². The standard InChI is InChI=1S/C9H18O2S2.2C2H6/c1-11-9(10)5-3-2-4-8(13)6-7-12;2*1-2/h8,12-13H,2-7H2,1H3;2*1-2H3. The van der Waals surface area contributed by atoms with E-state index in [1.54, 1.807) is 0 Å². The van der Waals surface area contributed by atoms with Gasteiger partial charge in [0, 0.05) is 11.7 Å². The van der Waals surface area contributed by atoms with Crippen molar-refractivity contribution >= 4 is 31.2 Å². The molecule has 0 fully saturated rings. The molecule has 0 N–H and O–H groups in total. The summed E-state index contributed by atoms with van der Waals surface area (Å²) in [6, 6.07) is 0. The lowest BCUT2D eigenvalue weighted by Gasteiger charge is -2.07. The minimum absolute atomic E-state index is 0.120. The Morgan fingerprint density at radius 1 is 1.12 bits per heavy atom. The Labute approximate surface area is 119 Å². The molecule has 0 saturated heterocycles. The van der Waals surface area contributed by atoms with Crippen molar-refractivity contribution in [1.29, 1.82) is 0 Å². The van der Waals surface area contributed by atoms with Crippen LogP contribution in [0.5, 0.6) is 0 Å². The van der Waals surface area contributed by atoms with Crippen molar-refractivity contribution in [3.05, 3.63) is 0 Å². The SMILES string of the molecule is CC.CC.COC(=O)CCCCC(S)CCS. The Morgan fingerprint density at radius 3 is 2.06 bits per heavy atom. The van der Waals surface area contributed by atoms with Crippen molar-refractivity contribution in [2.45, 2.75) is 65.0 Å². The summed E-state index contributed by atoms with van der Waals surface area (Å²) in [5.74, 6) is 0.760. The van der Waals surface area contributed by atoms with Crippen LogP contribution >= 0.6 is 25.3 Å². The second kappa shape index (κ2) is 21.5. The molecule has 2 nitrogen and oxygen atoms in total. The predicted octanol–water partition coefficient (Wildman–Crippen LogP) is 4.39. The highest BCUT2D eigenvalue weighted by atomic mass is 32.1. The summed E-state index contributed by atoms with van der Waals surface area (Å²) in [6.07, 6.45) is 4.55. The molecule has 0 amide bonds. The van der Waals surface area contributed by atoms with Gasteiger partial charge in [-0.25, -0.2) is 0 Å². The third-order valence-electron chi connectivity index (χ3n) is 1.86. The van der Waals surface area contributed by atoms with E-state index >= 15 is 0 Å². The van der Waals surface area contributed by atoms with Crippen LogP contribution in [0.15, 0.2) is 0 Å². The molecule has 0 aliphatic rings. The third-order valence-corrected chi connectivity index (χ3v) is 2.63. The van der Waals surface area contributed by atoms with Crippen LogP contribution in [0.4, 0.5) is 0 Å². The van der Waals surface area contributed by atoms with Crippen LogP contribution in [-0.4, -0.2) is 24.1 Å². The lowest BCUT2D eigenvalue weighted by atomic mass is 10.1. The minimum atomic E-state index is -0.120. The number of thiol groups is 2. The second-order valence-electron chi connectivity index (χ2n) is 2.99. The fourth-order valence-corrected chi connectivity index (χ4v) is 1.87. The molecule has 0 spiro atoms. The van der Waals surface area contributed by atoms with Gasteiger partial charge in [0.25, 0.3) is 0 Å². The van der Waals surface area contributed by atoms with Crippen LogP contribution < -0.4 is 0 Å². The monoisotopic (exact) mass is 282 g/mol. The number of methoxy groups -OCH3 is 1. The lowest BCUT2D eigenvalue weighted by Crippen LogP contribution is -2.02. The average molecular weight is 283 g/mol. The molecular formula is C13H30O2S2. The lowest BCUT2D eigenvalue weighted by molar-refractivity contribution is -0.140. The van der Waals surface area contributed by atoms with Gasteiger partial charge in [-0.05, 0) is 25.0 Å². The van der Waals surface area contributed by atoms with Crippen molar-refractivity contribution in [3.63, 3.8) is 0 Å². The molecule has 0 bridgehead atoms. The van der Waals surface area contributed by atoms with Crippen LogP contribution in [0, 0.1) is 0 Å². The Balaban J connectivity index is -0.000000439. The Morgan fingerprint density at radius 2 is 1.65 bits per heavy atom. The maximum Gasteiger partial charge on any atom is 0.305 e. The Kier molecular flexibility index (Phi) is 28.2. The first-order valence-electron chi connectivity index (χ1n) is 6.56. The van der Waals surface area contributed by atoms with Crippen molar-refractivity contribution in [2.75, 3.05) is 12.9 Å². The first-order chi connectivity index (χ1) is 8.20. The van der Waals surface area contributed by atoms with E-state index < -0.39 is 0 Å². The van der Waals surface area contributed by atoms with Crippen molar-refractivity contribution < 1.29 is 9.53 Å². The minimum Gasteiger partial charge on any atom is -0.469 e. The Bertz CT molecular complexity index is 141. The summed E-state index contributed by atoms with van der Waals surface area (Å²) in [7, 11) is 1.42. The van der Waals surface area contributed by atoms with Gasteiger partial charge in [-0.3, -0.25) is 4.79 Å². The maximum absolute atomic E-state index is 10.7. The summed E-state index contributed by atoms with van der Waals surface area (Å²) in [5.41, 5.74) is 0. The Hall–Kier alpha value is 0.170. The summed E-state index contributed by atoms with van der Waals surface area (Å²) >= 11 is 8.52. The first-order valence-corrected chi connectivity index (χ1v) is 7.71. The molecule has 0 radical (unpaired) electrons. The number of rotatable bonds is 7. The molecule has 0 saturated carbocycles. The van der Waals surface area contributed by atoms with E-state index in [1.807, 2.05) is 27.7 Å². The summed E-state index contributed by atoms with van der Waals surface area (Å²) in [4.78, 5) is 10.7. The molecule has 0 aliphatic heterocycles. The molecule has 0 aromatic carbocycles. The van der Waals surface area contributed by atoms with Gasteiger partial charge in [-0.2, -0.15) is 25.3 Å². The average Bonchev–Trinajstić information content (AvgIpc) is 2.39. The first kappa shape index (κ1) is 22.4. The van der Waals surface area contributed by atoms with Crippen molar-refractivity contribution in [1.82, 2.24) is 0 Å². The van der Waals surface area contributed by atoms with Gasteiger partial charge in [-0.1, -0.05) is 34.1 Å². The van der Waals surface area contributed by atoms with Gasteiger partial charge in [0.2, 0.25) is 0 Å².